The monoisotopic (exact) mass is 479 g/mol. The molecule has 3 aromatic rings. The van der Waals surface area contributed by atoms with Crippen LogP contribution in [-0.4, -0.2) is 36.6 Å². The number of nitrogens with one attached hydrogen (secondary N) is 1. The zero-order valence-corrected chi connectivity index (χ0v) is 20.5. The first kappa shape index (κ1) is 25.1. The number of amides is 1. The van der Waals surface area contributed by atoms with Crippen molar-refractivity contribution < 1.29 is 17.9 Å². The number of sulfone groups is 1. The number of nitrogens with zero attached hydrogens (tertiary/aromatic N) is 2. The van der Waals surface area contributed by atoms with Crippen LogP contribution in [0.1, 0.15) is 42.5 Å². The lowest BCUT2D eigenvalue weighted by molar-refractivity contribution is 0.0940. The number of aromatic nitrogens is 2. The predicted octanol–water partition coefficient (Wildman–Crippen LogP) is 4.47. The summed E-state index contributed by atoms with van der Waals surface area (Å²) in [5.41, 5.74) is 0.756. The zero-order valence-electron chi connectivity index (χ0n) is 19.7. The first-order valence-corrected chi connectivity index (χ1v) is 12.8. The minimum Gasteiger partial charge on any atom is -0.438 e. The van der Waals surface area contributed by atoms with Crippen molar-refractivity contribution in [3.8, 4) is 11.6 Å². The number of benzene rings is 2. The van der Waals surface area contributed by atoms with Gasteiger partial charge in [0.15, 0.2) is 9.84 Å². The highest BCUT2D eigenvalue weighted by Crippen LogP contribution is 2.27. The minimum absolute atomic E-state index is 0.133. The molecule has 0 aliphatic rings. The maximum absolute atomic E-state index is 13.3. The van der Waals surface area contributed by atoms with Gasteiger partial charge in [0.05, 0.1) is 6.04 Å². The summed E-state index contributed by atoms with van der Waals surface area (Å²) in [6.45, 7) is 5.92. The number of rotatable bonds is 8. The maximum atomic E-state index is 13.3. The van der Waals surface area contributed by atoms with Crippen LogP contribution in [0.5, 0.6) is 11.6 Å². The lowest BCUT2D eigenvalue weighted by Gasteiger charge is -2.20. The van der Waals surface area contributed by atoms with Crippen LogP contribution in [0.2, 0.25) is 0 Å². The summed E-state index contributed by atoms with van der Waals surface area (Å²) in [6.07, 6.45) is 4.44. The van der Waals surface area contributed by atoms with Gasteiger partial charge in [-0.2, -0.15) is 4.98 Å². The van der Waals surface area contributed by atoms with Crippen molar-refractivity contribution in [3.05, 3.63) is 95.3 Å². The molecule has 1 aromatic heterocycles. The third kappa shape index (κ3) is 7.52. The zero-order chi connectivity index (χ0) is 24.8. The van der Waals surface area contributed by atoms with Gasteiger partial charge in [0.2, 0.25) is 5.88 Å². The standard InChI is InChI=1S/C26H29N3O4S/c1-26(2,3)25-27-18-22(24(29-25)33-21-13-9-6-10-14-21)23(30)28-20(15-16-34(4,31)32)17-19-11-7-5-8-12-19/h5-16,18,20H,17H2,1-4H3,(H,28,30)/b16-15-/t20-/m1/s1. The first-order chi connectivity index (χ1) is 16.0. The fraction of sp³-hybridized carbons (Fsp3) is 0.269. The summed E-state index contributed by atoms with van der Waals surface area (Å²) in [7, 11) is -3.36. The van der Waals surface area contributed by atoms with E-state index in [-0.39, 0.29) is 16.9 Å². The van der Waals surface area contributed by atoms with E-state index in [9.17, 15) is 13.2 Å². The Kier molecular flexibility index (Phi) is 7.83. The van der Waals surface area contributed by atoms with Crippen molar-refractivity contribution in [1.29, 1.82) is 0 Å². The second kappa shape index (κ2) is 10.6. The summed E-state index contributed by atoms with van der Waals surface area (Å²) in [6, 6.07) is 18.0. The summed E-state index contributed by atoms with van der Waals surface area (Å²) >= 11 is 0. The topological polar surface area (TPSA) is 98.2 Å². The first-order valence-electron chi connectivity index (χ1n) is 10.8. The van der Waals surface area contributed by atoms with Gasteiger partial charge in [-0.1, -0.05) is 75.4 Å². The lowest BCUT2D eigenvalue weighted by atomic mass is 9.95. The highest BCUT2D eigenvalue weighted by Gasteiger charge is 2.24. The van der Waals surface area contributed by atoms with E-state index < -0.39 is 21.8 Å². The summed E-state index contributed by atoms with van der Waals surface area (Å²) in [5.74, 6) is 0.736. The minimum atomic E-state index is -3.36. The van der Waals surface area contributed by atoms with Crippen molar-refractivity contribution in [2.75, 3.05) is 6.26 Å². The van der Waals surface area contributed by atoms with E-state index in [4.69, 9.17) is 4.74 Å². The summed E-state index contributed by atoms with van der Waals surface area (Å²) in [4.78, 5) is 22.2. The molecule has 2 aromatic carbocycles. The van der Waals surface area contributed by atoms with Crippen molar-refractivity contribution in [2.45, 2.75) is 38.6 Å². The third-order valence-electron chi connectivity index (χ3n) is 4.80. The van der Waals surface area contributed by atoms with Gasteiger partial charge in [-0.05, 0) is 24.1 Å². The Morgan fingerprint density at radius 1 is 1.06 bits per heavy atom. The van der Waals surface area contributed by atoms with Crippen molar-refractivity contribution in [1.82, 2.24) is 15.3 Å². The summed E-state index contributed by atoms with van der Waals surface area (Å²) < 4.78 is 29.3. The molecule has 0 bridgehead atoms. The van der Waals surface area contributed by atoms with Crippen LogP contribution in [0.15, 0.2) is 78.3 Å². The van der Waals surface area contributed by atoms with Gasteiger partial charge >= 0.3 is 0 Å². The molecular weight excluding hydrogens is 450 g/mol. The quantitative estimate of drug-likeness (QED) is 0.512. The largest absolute Gasteiger partial charge is 0.438 e. The normalized spacial score (nSPS) is 12.9. The van der Waals surface area contributed by atoms with Gasteiger partial charge in [0, 0.05) is 23.3 Å². The molecule has 1 heterocycles. The third-order valence-corrected chi connectivity index (χ3v) is 5.45. The van der Waals surface area contributed by atoms with Crippen LogP contribution in [0.25, 0.3) is 0 Å². The molecule has 1 atom stereocenters. The van der Waals surface area contributed by atoms with E-state index in [0.29, 0.717) is 18.0 Å². The van der Waals surface area contributed by atoms with E-state index in [1.165, 1.54) is 12.3 Å². The summed E-state index contributed by atoms with van der Waals surface area (Å²) in [5, 5.41) is 3.99. The maximum Gasteiger partial charge on any atom is 0.258 e. The van der Waals surface area contributed by atoms with E-state index >= 15 is 0 Å². The number of carbonyl (C=O) groups is 1. The molecule has 1 amide bonds. The molecule has 0 radical (unpaired) electrons. The van der Waals surface area contributed by atoms with Gasteiger partial charge < -0.3 is 10.1 Å². The molecule has 3 rings (SSSR count). The Morgan fingerprint density at radius 3 is 2.26 bits per heavy atom. The Labute approximate surface area is 200 Å². The Balaban J connectivity index is 1.93. The van der Waals surface area contributed by atoms with Gasteiger partial charge in [0.25, 0.3) is 5.91 Å². The van der Waals surface area contributed by atoms with E-state index in [1.807, 2.05) is 69.3 Å². The molecule has 0 spiro atoms. The molecule has 7 nitrogen and oxygen atoms in total. The van der Waals surface area contributed by atoms with Crippen molar-refractivity contribution >= 4 is 15.7 Å². The molecule has 1 N–H and O–H groups in total. The molecule has 0 fully saturated rings. The molecule has 0 aliphatic heterocycles. The highest BCUT2D eigenvalue weighted by atomic mass is 32.2. The van der Waals surface area contributed by atoms with E-state index in [0.717, 1.165) is 17.2 Å². The van der Waals surface area contributed by atoms with Crippen LogP contribution < -0.4 is 10.1 Å². The van der Waals surface area contributed by atoms with Crippen LogP contribution >= 0.6 is 0 Å². The predicted molar refractivity (Wildman–Crippen MR) is 133 cm³/mol. The van der Waals surface area contributed by atoms with Crippen molar-refractivity contribution in [2.24, 2.45) is 0 Å². The number of hydrogen-bond acceptors (Lipinski definition) is 6. The lowest BCUT2D eigenvalue weighted by Crippen LogP contribution is -2.35. The highest BCUT2D eigenvalue weighted by molar-refractivity contribution is 7.93. The molecular formula is C26H29N3O4S. The van der Waals surface area contributed by atoms with Gasteiger partial charge in [-0.3, -0.25) is 4.79 Å². The van der Waals surface area contributed by atoms with E-state index in [2.05, 4.69) is 15.3 Å². The average molecular weight is 480 g/mol. The van der Waals surface area contributed by atoms with E-state index in [1.54, 1.807) is 12.1 Å². The smallest absolute Gasteiger partial charge is 0.258 e. The Hall–Kier alpha value is -3.52. The van der Waals surface area contributed by atoms with Crippen molar-refractivity contribution in [3.63, 3.8) is 0 Å². The SMILES string of the molecule is CC(C)(C)c1ncc(C(=O)N[C@H](/C=C\S(C)(=O)=O)Cc2ccccc2)c(Oc2ccccc2)n1. The molecule has 178 valence electrons. The fourth-order valence-corrected chi connectivity index (χ4v) is 3.56. The fourth-order valence-electron chi connectivity index (χ4n) is 3.08. The molecule has 34 heavy (non-hydrogen) atoms. The van der Waals surface area contributed by atoms with Gasteiger partial charge in [-0.15, -0.1) is 0 Å². The molecule has 0 unspecified atom stereocenters. The van der Waals surface area contributed by atoms with Crippen LogP contribution in [-0.2, 0) is 21.7 Å². The number of para-hydroxylation sites is 1. The second-order valence-corrected chi connectivity index (χ2v) is 10.9. The number of carbonyl (C=O) groups excluding carboxylic acids is 1. The molecule has 8 heteroatoms. The Morgan fingerprint density at radius 2 is 1.68 bits per heavy atom. The van der Waals surface area contributed by atoms with Crippen LogP contribution in [0.4, 0.5) is 0 Å². The Bertz CT molecular complexity index is 1250. The number of ether oxygens (including phenoxy) is 1. The molecule has 0 saturated heterocycles. The molecule has 0 saturated carbocycles. The molecule has 0 aliphatic carbocycles. The van der Waals surface area contributed by atoms with Crippen LogP contribution in [0, 0.1) is 0 Å². The second-order valence-electron chi connectivity index (χ2n) is 9.01. The van der Waals surface area contributed by atoms with Gasteiger partial charge in [0.1, 0.15) is 17.1 Å². The van der Waals surface area contributed by atoms with Gasteiger partial charge in [-0.25, -0.2) is 13.4 Å². The van der Waals surface area contributed by atoms with Crippen LogP contribution in [0.3, 0.4) is 0 Å². The average Bonchev–Trinajstić information content (AvgIpc) is 2.77. The number of hydrogen-bond donors (Lipinski definition) is 1.